The summed E-state index contributed by atoms with van der Waals surface area (Å²) in [7, 11) is 0. The molecule has 5 nitrogen and oxygen atoms in total. The molecule has 1 aliphatic rings. The van der Waals surface area contributed by atoms with Gasteiger partial charge in [-0.05, 0) is 66.2 Å². The largest absolute Gasteiger partial charge is 0.465 e. The zero-order valence-corrected chi connectivity index (χ0v) is 17.0. The molecule has 1 N–H and O–H groups in total. The van der Waals surface area contributed by atoms with Crippen molar-refractivity contribution in [2.75, 3.05) is 19.8 Å². The SMILES string of the molecule is CC[C@H]1CC(COC(=O)C(C)(C)C)(COC(=O)C(C)(C)C)C[C@@H]1CO. The lowest BCUT2D eigenvalue weighted by atomic mass is 9.86. The Balaban J connectivity index is 2.88. The fourth-order valence-corrected chi connectivity index (χ4v) is 3.37. The first-order chi connectivity index (χ1) is 11.3. The average Bonchev–Trinajstić information content (AvgIpc) is 2.87. The molecule has 0 aromatic carbocycles. The summed E-state index contributed by atoms with van der Waals surface area (Å²) in [6.45, 7) is 13.6. The van der Waals surface area contributed by atoms with Crippen LogP contribution in [0.2, 0.25) is 0 Å². The van der Waals surface area contributed by atoms with E-state index in [1.807, 2.05) is 41.5 Å². The van der Waals surface area contributed by atoms with Crippen LogP contribution in [0.1, 0.15) is 67.7 Å². The van der Waals surface area contributed by atoms with Crippen LogP contribution in [-0.2, 0) is 19.1 Å². The fraction of sp³-hybridized carbons (Fsp3) is 0.900. The van der Waals surface area contributed by atoms with Crippen molar-refractivity contribution in [3.05, 3.63) is 0 Å². The fourth-order valence-electron chi connectivity index (χ4n) is 3.37. The van der Waals surface area contributed by atoms with Crippen LogP contribution in [0.4, 0.5) is 0 Å². The standard InChI is InChI=1S/C20H36O5/c1-8-14-9-20(10-15(14)11-21,12-24-16(22)18(2,3)4)13-25-17(23)19(5,6)7/h14-15,21H,8-13H2,1-7H3/t14-,15+/m0/s1. The van der Waals surface area contributed by atoms with Crippen molar-refractivity contribution in [1.82, 2.24) is 0 Å². The number of esters is 2. The van der Waals surface area contributed by atoms with Crippen LogP contribution >= 0.6 is 0 Å². The normalized spacial score (nSPS) is 23.4. The first kappa shape index (κ1) is 21.9. The molecule has 146 valence electrons. The van der Waals surface area contributed by atoms with E-state index < -0.39 is 16.2 Å². The minimum atomic E-state index is -0.567. The van der Waals surface area contributed by atoms with Crippen molar-refractivity contribution < 1.29 is 24.2 Å². The van der Waals surface area contributed by atoms with E-state index in [0.29, 0.717) is 12.3 Å². The van der Waals surface area contributed by atoms with Gasteiger partial charge in [-0.25, -0.2) is 0 Å². The maximum absolute atomic E-state index is 12.2. The number of rotatable bonds is 6. The van der Waals surface area contributed by atoms with Crippen molar-refractivity contribution in [1.29, 1.82) is 0 Å². The maximum Gasteiger partial charge on any atom is 0.311 e. The lowest BCUT2D eigenvalue weighted by molar-refractivity contribution is -0.164. The summed E-state index contributed by atoms with van der Waals surface area (Å²) in [5.41, 5.74) is -1.54. The smallest absolute Gasteiger partial charge is 0.311 e. The number of aliphatic hydroxyl groups is 1. The van der Waals surface area contributed by atoms with E-state index in [2.05, 4.69) is 6.92 Å². The van der Waals surface area contributed by atoms with Gasteiger partial charge in [-0.2, -0.15) is 0 Å². The molecular weight excluding hydrogens is 320 g/mol. The van der Waals surface area contributed by atoms with Crippen LogP contribution in [0.15, 0.2) is 0 Å². The maximum atomic E-state index is 12.2. The predicted octanol–water partition coefficient (Wildman–Crippen LogP) is 3.58. The minimum absolute atomic E-state index is 0.112. The van der Waals surface area contributed by atoms with Gasteiger partial charge in [0.25, 0.3) is 0 Å². The van der Waals surface area contributed by atoms with Crippen molar-refractivity contribution in [2.45, 2.75) is 67.7 Å². The Labute approximate surface area is 152 Å². The third-order valence-electron chi connectivity index (χ3n) is 5.06. The van der Waals surface area contributed by atoms with Crippen molar-refractivity contribution in [2.24, 2.45) is 28.1 Å². The van der Waals surface area contributed by atoms with Gasteiger partial charge in [0, 0.05) is 12.0 Å². The molecule has 0 aromatic rings. The van der Waals surface area contributed by atoms with Gasteiger partial charge in [0.2, 0.25) is 0 Å². The van der Waals surface area contributed by atoms with Gasteiger partial charge in [-0.1, -0.05) is 13.3 Å². The second-order valence-corrected chi connectivity index (χ2v) is 9.67. The van der Waals surface area contributed by atoms with E-state index in [9.17, 15) is 14.7 Å². The molecule has 1 aliphatic carbocycles. The molecule has 0 saturated heterocycles. The molecule has 25 heavy (non-hydrogen) atoms. The highest BCUT2D eigenvalue weighted by atomic mass is 16.5. The summed E-state index contributed by atoms with van der Waals surface area (Å²) in [5.74, 6) is 0.00222. The van der Waals surface area contributed by atoms with Crippen molar-refractivity contribution in [3.8, 4) is 0 Å². The summed E-state index contributed by atoms with van der Waals surface area (Å²) in [5, 5.41) is 9.70. The Morgan fingerprint density at radius 3 is 1.60 bits per heavy atom. The second-order valence-electron chi connectivity index (χ2n) is 9.67. The highest BCUT2D eigenvalue weighted by Gasteiger charge is 2.47. The summed E-state index contributed by atoms with van der Waals surface area (Å²) in [6.07, 6.45) is 2.45. The van der Waals surface area contributed by atoms with Gasteiger partial charge < -0.3 is 14.6 Å². The third-order valence-corrected chi connectivity index (χ3v) is 5.06. The molecule has 1 rings (SSSR count). The zero-order chi connectivity index (χ0) is 19.5. The van der Waals surface area contributed by atoms with E-state index in [1.165, 1.54) is 0 Å². The summed E-state index contributed by atoms with van der Waals surface area (Å²) in [4.78, 5) is 24.4. The molecule has 0 aliphatic heterocycles. The van der Waals surface area contributed by atoms with Gasteiger partial charge in [-0.3, -0.25) is 9.59 Å². The van der Waals surface area contributed by atoms with E-state index in [-0.39, 0.29) is 37.7 Å². The molecule has 0 aromatic heterocycles. The molecule has 5 heteroatoms. The lowest BCUT2D eigenvalue weighted by Gasteiger charge is -2.31. The summed E-state index contributed by atoms with van der Waals surface area (Å²) >= 11 is 0. The number of hydrogen-bond donors (Lipinski definition) is 1. The van der Waals surface area contributed by atoms with Gasteiger partial charge in [0.1, 0.15) is 13.2 Å². The number of carbonyl (C=O) groups is 2. The molecular formula is C20H36O5. The average molecular weight is 357 g/mol. The number of carbonyl (C=O) groups excluding carboxylic acids is 2. The van der Waals surface area contributed by atoms with E-state index in [0.717, 1.165) is 12.8 Å². The first-order valence-corrected chi connectivity index (χ1v) is 9.30. The molecule has 1 fully saturated rings. The number of ether oxygens (including phenoxy) is 2. The summed E-state index contributed by atoms with van der Waals surface area (Å²) in [6, 6.07) is 0. The predicted molar refractivity (Wildman–Crippen MR) is 96.9 cm³/mol. The van der Waals surface area contributed by atoms with Crippen LogP contribution in [0.25, 0.3) is 0 Å². The monoisotopic (exact) mass is 356 g/mol. The third kappa shape index (κ3) is 5.98. The van der Waals surface area contributed by atoms with Crippen molar-refractivity contribution >= 4 is 11.9 Å². The highest BCUT2D eigenvalue weighted by molar-refractivity contribution is 5.76. The first-order valence-electron chi connectivity index (χ1n) is 9.30. The van der Waals surface area contributed by atoms with Crippen LogP contribution in [0.5, 0.6) is 0 Å². The Kier molecular flexibility index (Phi) is 7.08. The molecule has 0 heterocycles. The van der Waals surface area contributed by atoms with Crippen LogP contribution in [0.3, 0.4) is 0 Å². The van der Waals surface area contributed by atoms with Gasteiger partial charge in [-0.15, -0.1) is 0 Å². The van der Waals surface area contributed by atoms with Crippen LogP contribution in [0, 0.1) is 28.1 Å². The molecule has 0 spiro atoms. The van der Waals surface area contributed by atoms with E-state index >= 15 is 0 Å². The Morgan fingerprint density at radius 1 is 0.920 bits per heavy atom. The molecule has 0 radical (unpaired) electrons. The van der Waals surface area contributed by atoms with E-state index in [4.69, 9.17) is 9.47 Å². The molecule has 2 atom stereocenters. The van der Waals surface area contributed by atoms with Crippen LogP contribution in [-0.4, -0.2) is 36.9 Å². The van der Waals surface area contributed by atoms with Gasteiger partial charge >= 0.3 is 11.9 Å². The number of hydrogen-bond acceptors (Lipinski definition) is 5. The quantitative estimate of drug-likeness (QED) is 0.737. The van der Waals surface area contributed by atoms with Crippen molar-refractivity contribution in [3.63, 3.8) is 0 Å². The zero-order valence-electron chi connectivity index (χ0n) is 17.0. The Bertz CT molecular complexity index is 425. The summed E-state index contributed by atoms with van der Waals surface area (Å²) < 4.78 is 11.2. The lowest BCUT2D eigenvalue weighted by Crippen LogP contribution is -2.36. The molecule has 0 bridgehead atoms. The van der Waals surface area contributed by atoms with Gasteiger partial charge in [0.15, 0.2) is 0 Å². The van der Waals surface area contributed by atoms with Gasteiger partial charge in [0.05, 0.1) is 10.8 Å². The highest BCUT2D eigenvalue weighted by Crippen LogP contribution is 2.47. The molecule has 0 amide bonds. The second kappa shape index (κ2) is 8.07. The molecule has 0 unspecified atom stereocenters. The van der Waals surface area contributed by atoms with E-state index in [1.54, 1.807) is 0 Å². The van der Waals surface area contributed by atoms with Crippen LogP contribution < -0.4 is 0 Å². The number of aliphatic hydroxyl groups excluding tert-OH is 1. The topological polar surface area (TPSA) is 72.8 Å². The minimum Gasteiger partial charge on any atom is -0.465 e. The Morgan fingerprint density at radius 2 is 1.32 bits per heavy atom. The molecule has 1 saturated carbocycles. The Hall–Kier alpha value is -1.10.